The van der Waals surface area contributed by atoms with Crippen molar-refractivity contribution in [1.29, 1.82) is 0 Å². The largest absolute Gasteiger partial charge is 0.493 e. The van der Waals surface area contributed by atoms with Gasteiger partial charge >= 0.3 is 0 Å². The molecule has 2 amide bonds. The zero-order chi connectivity index (χ0) is 17.6. The van der Waals surface area contributed by atoms with Gasteiger partial charge in [-0.3, -0.25) is 9.59 Å². The third-order valence-corrected chi connectivity index (χ3v) is 4.84. The lowest BCUT2D eigenvalue weighted by Gasteiger charge is -2.40. The minimum absolute atomic E-state index is 0.0123. The number of anilines is 2. The van der Waals surface area contributed by atoms with E-state index in [9.17, 15) is 9.59 Å². The van der Waals surface area contributed by atoms with Crippen LogP contribution >= 0.6 is 0 Å². The lowest BCUT2D eigenvalue weighted by molar-refractivity contribution is -0.117. The second kappa shape index (κ2) is 5.92. The lowest BCUT2D eigenvalue weighted by Crippen LogP contribution is -2.51. The van der Waals surface area contributed by atoms with Gasteiger partial charge in [-0.1, -0.05) is 12.1 Å². The van der Waals surface area contributed by atoms with E-state index in [0.29, 0.717) is 18.7 Å². The van der Waals surface area contributed by atoms with Crippen LogP contribution in [0.1, 0.15) is 29.8 Å². The van der Waals surface area contributed by atoms with Crippen molar-refractivity contribution in [3.63, 3.8) is 0 Å². The first-order chi connectivity index (χ1) is 12.1. The summed E-state index contributed by atoms with van der Waals surface area (Å²) < 4.78 is 5.52. The molecule has 5 nitrogen and oxygen atoms in total. The van der Waals surface area contributed by atoms with Crippen LogP contribution in [0, 0.1) is 0 Å². The lowest BCUT2D eigenvalue weighted by atomic mass is 10.0. The Hall–Kier alpha value is -2.82. The molecule has 2 aliphatic heterocycles. The van der Waals surface area contributed by atoms with Crippen molar-refractivity contribution < 1.29 is 14.3 Å². The normalized spacial score (nSPS) is 18.4. The number of para-hydroxylation sites is 2. The Bertz CT molecular complexity index is 862. The van der Waals surface area contributed by atoms with Crippen molar-refractivity contribution in [1.82, 2.24) is 0 Å². The van der Waals surface area contributed by atoms with E-state index in [0.717, 1.165) is 29.1 Å². The van der Waals surface area contributed by atoms with Gasteiger partial charge in [0, 0.05) is 25.5 Å². The summed E-state index contributed by atoms with van der Waals surface area (Å²) in [5.41, 5.74) is 3.29. The Morgan fingerprint density at radius 1 is 1.12 bits per heavy atom. The fourth-order valence-electron chi connectivity index (χ4n) is 3.73. The number of hydrogen-bond donors (Lipinski definition) is 0. The maximum Gasteiger partial charge on any atom is 0.258 e. The molecular weight excluding hydrogens is 316 g/mol. The molecule has 2 aromatic carbocycles. The molecule has 1 atom stereocenters. The number of carbonyl (C=O) groups is 2. The first-order valence-electron chi connectivity index (χ1n) is 8.52. The number of carbonyl (C=O) groups excluding carboxylic acids is 2. The van der Waals surface area contributed by atoms with Gasteiger partial charge in [-0.05, 0) is 42.8 Å². The van der Waals surface area contributed by atoms with Crippen LogP contribution in [0.4, 0.5) is 11.4 Å². The molecule has 2 aromatic rings. The highest BCUT2D eigenvalue weighted by Gasteiger charge is 2.33. The second-order valence-corrected chi connectivity index (χ2v) is 6.56. The van der Waals surface area contributed by atoms with E-state index in [1.165, 1.54) is 0 Å². The van der Waals surface area contributed by atoms with Gasteiger partial charge in [-0.2, -0.15) is 0 Å². The Morgan fingerprint density at radius 2 is 1.88 bits per heavy atom. The molecule has 0 spiro atoms. The van der Waals surface area contributed by atoms with E-state index in [4.69, 9.17) is 4.74 Å². The zero-order valence-electron chi connectivity index (χ0n) is 14.4. The summed E-state index contributed by atoms with van der Waals surface area (Å²) in [6.45, 7) is 4.67. The van der Waals surface area contributed by atoms with Crippen LogP contribution < -0.4 is 14.5 Å². The molecule has 4 rings (SSSR count). The summed E-state index contributed by atoms with van der Waals surface area (Å²) in [6, 6.07) is 13.1. The third kappa shape index (κ3) is 2.56. The maximum absolute atomic E-state index is 13.2. The highest BCUT2D eigenvalue weighted by molar-refractivity contribution is 6.10. The van der Waals surface area contributed by atoms with Crippen molar-refractivity contribution in [2.75, 3.05) is 23.0 Å². The van der Waals surface area contributed by atoms with Crippen LogP contribution in [-0.2, 0) is 11.2 Å². The molecule has 5 heteroatoms. The average molecular weight is 336 g/mol. The molecule has 2 heterocycles. The Labute approximate surface area is 146 Å². The van der Waals surface area contributed by atoms with E-state index < -0.39 is 0 Å². The van der Waals surface area contributed by atoms with E-state index in [1.807, 2.05) is 49.4 Å². The van der Waals surface area contributed by atoms with Crippen LogP contribution in [0.5, 0.6) is 5.75 Å². The molecule has 0 aliphatic carbocycles. The summed E-state index contributed by atoms with van der Waals surface area (Å²) in [4.78, 5) is 28.8. The molecular formula is C20H20N2O3. The van der Waals surface area contributed by atoms with E-state index >= 15 is 0 Å². The Morgan fingerprint density at radius 3 is 2.64 bits per heavy atom. The SMILES string of the molecule is CC(=O)N1c2ccccc2N(C(=O)c2ccc3c(c2)CCO3)C[C@@H]1C. The number of amides is 2. The quantitative estimate of drug-likeness (QED) is 0.804. The highest BCUT2D eigenvalue weighted by Crippen LogP contribution is 2.36. The molecule has 0 saturated carbocycles. The molecule has 0 saturated heterocycles. The van der Waals surface area contributed by atoms with Gasteiger partial charge in [0.2, 0.25) is 5.91 Å². The number of ether oxygens (including phenoxy) is 1. The van der Waals surface area contributed by atoms with Crippen LogP contribution in [0.2, 0.25) is 0 Å². The van der Waals surface area contributed by atoms with Gasteiger partial charge in [-0.15, -0.1) is 0 Å². The molecule has 0 N–H and O–H groups in total. The number of benzene rings is 2. The summed E-state index contributed by atoms with van der Waals surface area (Å²) in [5.74, 6) is 0.811. The average Bonchev–Trinajstić information content (AvgIpc) is 3.07. The van der Waals surface area contributed by atoms with Gasteiger partial charge < -0.3 is 14.5 Å². The number of rotatable bonds is 1. The van der Waals surface area contributed by atoms with Crippen molar-refractivity contribution in [2.24, 2.45) is 0 Å². The van der Waals surface area contributed by atoms with Gasteiger partial charge in [0.05, 0.1) is 24.0 Å². The van der Waals surface area contributed by atoms with Crippen molar-refractivity contribution in [3.8, 4) is 5.75 Å². The molecule has 0 radical (unpaired) electrons. The fourth-order valence-corrected chi connectivity index (χ4v) is 3.73. The van der Waals surface area contributed by atoms with Crippen molar-refractivity contribution in [2.45, 2.75) is 26.3 Å². The van der Waals surface area contributed by atoms with Gasteiger partial charge in [-0.25, -0.2) is 0 Å². The predicted octanol–water partition coefficient (Wildman–Crippen LogP) is 3.02. The maximum atomic E-state index is 13.2. The van der Waals surface area contributed by atoms with Crippen LogP contribution in [0.3, 0.4) is 0 Å². The van der Waals surface area contributed by atoms with E-state index in [1.54, 1.807) is 16.7 Å². The smallest absolute Gasteiger partial charge is 0.258 e. The molecule has 0 fully saturated rings. The molecule has 0 aromatic heterocycles. The molecule has 0 unspecified atom stereocenters. The zero-order valence-corrected chi connectivity index (χ0v) is 14.4. The number of fused-ring (bicyclic) bond motifs is 2. The second-order valence-electron chi connectivity index (χ2n) is 6.56. The minimum Gasteiger partial charge on any atom is -0.493 e. The standard InChI is InChI=1S/C20H20N2O3/c1-13-12-21(17-5-3-4-6-18(17)22(13)14(2)23)20(24)16-7-8-19-15(11-16)9-10-25-19/h3-8,11,13H,9-10,12H2,1-2H3/t13-/m0/s1. The monoisotopic (exact) mass is 336 g/mol. The Balaban J connectivity index is 1.74. The first kappa shape index (κ1) is 15.7. The Kier molecular flexibility index (Phi) is 3.71. The first-order valence-corrected chi connectivity index (χ1v) is 8.52. The summed E-state index contributed by atoms with van der Waals surface area (Å²) >= 11 is 0. The molecule has 2 aliphatic rings. The molecule has 0 bridgehead atoms. The number of nitrogens with zero attached hydrogens (tertiary/aromatic N) is 2. The van der Waals surface area contributed by atoms with Crippen LogP contribution in [0.15, 0.2) is 42.5 Å². The van der Waals surface area contributed by atoms with Crippen LogP contribution in [-0.4, -0.2) is 31.0 Å². The van der Waals surface area contributed by atoms with E-state index in [2.05, 4.69) is 0 Å². The molecule has 128 valence electrons. The van der Waals surface area contributed by atoms with Crippen molar-refractivity contribution >= 4 is 23.2 Å². The van der Waals surface area contributed by atoms with Gasteiger partial charge in [0.1, 0.15) is 5.75 Å². The number of hydrogen-bond acceptors (Lipinski definition) is 3. The summed E-state index contributed by atoms with van der Waals surface area (Å²) in [6.07, 6.45) is 0.835. The van der Waals surface area contributed by atoms with E-state index in [-0.39, 0.29) is 17.9 Å². The fraction of sp³-hybridized carbons (Fsp3) is 0.300. The summed E-state index contributed by atoms with van der Waals surface area (Å²) in [7, 11) is 0. The molecule has 25 heavy (non-hydrogen) atoms. The van der Waals surface area contributed by atoms with Crippen molar-refractivity contribution in [3.05, 3.63) is 53.6 Å². The third-order valence-electron chi connectivity index (χ3n) is 4.84. The minimum atomic E-state index is -0.0749. The topological polar surface area (TPSA) is 49.9 Å². The van der Waals surface area contributed by atoms with Crippen LogP contribution in [0.25, 0.3) is 0 Å². The highest BCUT2D eigenvalue weighted by atomic mass is 16.5. The van der Waals surface area contributed by atoms with Gasteiger partial charge in [0.15, 0.2) is 0 Å². The predicted molar refractivity (Wildman–Crippen MR) is 96.4 cm³/mol. The van der Waals surface area contributed by atoms with Gasteiger partial charge in [0.25, 0.3) is 5.91 Å². The summed E-state index contributed by atoms with van der Waals surface area (Å²) in [5, 5.41) is 0.